The van der Waals surface area contributed by atoms with Crippen molar-refractivity contribution in [2.45, 2.75) is 13.5 Å². The van der Waals surface area contributed by atoms with E-state index in [0.717, 1.165) is 22.3 Å². The number of ether oxygens (including phenoxy) is 1. The van der Waals surface area contributed by atoms with E-state index in [4.69, 9.17) is 4.74 Å². The predicted molar refractivity (Wildman–Crippen MR) is 97.9 cm³/mol. The first-order valence-corrected chi connectivity index (χ1v) is 7.86. The van der Waals surface area contributed by atoms with Gasteiger partial charge < -0.3 is 19.9 Å². The van der Waals surface area contributed by atoms with E-state index >= 15 is 0 Å². The lowest BCUT2D eigenvalue weighted by Crippen LogP contribution is -2.18. The Morgan fingerprint density at radius 2 is 1.80 bits per heavy atom. The molecular formula is C19H19N3O3. The molecule has 0 aliphatic heterocycles. The number of rotatable bonds is 5. The highest BCUT2D eigenvalue weighted by Crippen LogP contribution is 2.24. The van der Waals surface area contributed by atoms with E-state index in [1.54, 1.807) is 31.4 Å². The average Bonchev–Trinajstić information content (AvgIpc) is 2.99. The van der Waals surface area contributed by atoms with Crippen LogP contribution in [0.5, 0.6) is 5.75 Å². The van der Waals surface area contributed by atoms with Crippen molar-refractivity contribution in [2.75, 3.05) is 17.7 Å². The second-order valence-corrected chi connectivity index (χ2v) is 5.64. The molecule has 0 aliphatic rings. The minimum Gasteiger partial charge on any atom is -0.497 e. The van der Waals surface area contributed by atoms with Crippen molar-refractivity contribution < 1.29 is 14.3 Å². The van der Waals surface area contributed by atoms with Crippen LogP contribution in [0.1, 0.15) is 6.92 Å². The number of carbonyl (C=O) groups is 2. The molecule has 3 rings (SSSR count). The van der Waals surface area contributed by atoms with Gasteiger partial charge in [0.2, 0.25) is 11.8 Å². The van der Waals surface area contributed by atoms with Gasteiger partial charge in [-0.25, -0.2) is 0 Å². The summed E-state index contributed by atoms with van der Waals surface area (Å²) in [4.78, 5) is 23.6. The zero-order valence-corrected chi connectivity index (χ0v) is 14.1. The Bertz CT molecular complexity index is 913. The summed E-state index contributed by atoms with van der Waals surface area (Å²) >= 11 is 0. The Morgan fingerprint density at radius 3 is 2.48 bits per heavy atom. The highest BCUT2D eigenvalue weighted by Gasteiger charge is 2.10. The Kier molecular flexibility index (Phi) is 4.70. The molecule has 1 heterocycles. The number of benzene rings is 2. The molecule has 0 radical (unpaired) electrons. The van der Waals surface area contributed by atoms with Crippen molar-refractivity contribution >= 4 is 34.1 Å². The fourth-order valence-electron chi connectivity index (χ4n) is 2.69. The maximum Gasteiger partial charge on any atom is 0.244 e. The van der Waals surface area contributed by atoms with Gasteiger partial charge in [-0.05, 0) is 42.5 Å². The largest absolute Gasteiger partial charge is 0.497 e. The van der Waals surface area contributed by atoms with Crippen LogP contribution in [0.2, 0.25) is 0 Å². The normalized spacial score (nSPS) is 10.5. The van der Waals surface area contributed by atoms with Gasteiger partial charge in [0, 0.05) is 24.2 Å². The van der Waals surface area contributed by atoms with Gasteiger partial charge in [0.15, 0.2) is 0 Å². The molecule has 25 heavy (non-hydrogen) atoms. The molecule has 0 saturated carbocycles. The molecule has 2 amide bonds. The number of hydrogen-bond donors (Lipinski definition) is 2. The van der Waals surface area contributed by atoms with Gasteiger partial charge >= 0.3 is 0 Å². The van der Waals surface area contributed by atoms with E-state index in [2.05, 4.69) is 10.6 Å². The Hall–Kier alpha value is -3.28. The second-order valence-electron chi connectivity index (χ2n) is 5.64. The monoisotopic (exact) mass is 337 g/mol. The molecule has 3 aromatic rings. The molecule has 0 fully saturated rings. The van der Waals surface area contributed by atoms with Gasteiger partial charge in [-0.2, -0.15) is 0 Å². The minimum atomic E-state index is -0.132. The third-order valence-electron chi connectivity index (χ3n) is 3.81. The molecule has 0 spiro atoms. The first-order valence-electron chi connectivity index (χ1n) is 7.86. The SMILES string of the molecule is COc1ccc(NC(=O)Cn2ccc3c(NC(C)=O)cccc32)cc1. The molecule has 0 saturated heterocycles. The van der Waals surface area contributed by atoms with Gasteiger partial charge in [-0.1, -0.05) is 6.07 Å². The molecule has 2 N–H and O–H groups in total. The van der Waals surface area contributed by atoms with Crippen LogP contribution >= 0.6 is 0 Å². The standard InChI is InChI=1S/C19H19N3O3/c1-13(23)20-17-4-3-5-18-16(17)10-11-22(18)12-19(24)21-14-6-8-15(25-2)9-7-14/h3-11H,12H2,1-2H3,(H,20,23)(H,21,24). The number of carbonyl (C=O) groups excluding carboxylic acids is 2. The molecule has 128 valence electrons. The first kappa shape index (κ1) is 16.6. The highest BCUT2D eigenvalue weighted by molar-refractivity contribution is 6.01. The first-order chi connectivity index (χ1) is 12.1. The number of nitrogens with zero attached hydrogens (tertiary/aromatic N) is 1. The fraction of sp³-hybridized carbons (Fsp3) is 0.158. The topological polar surface area (TPSA) is 72.4 Å². The predicted octanol–water partition coefficient (Wildman–Crippen LogP) is 3.25. The van der Waals surface area contributed by atoms with Crippen LogP contribution in [0, 0.1) is 0 Å². The molecule has 0 atom stereocenters. The van der Waals surface area contributed by atoms with Crippen LogP contribution in [0.15, 0.2) is 54.7 Å². The van der Waals surface area contributed by atoms with E-state index in [0.29, 0.717) is 5.69 Å². The lowest BCUT2D eigenvalue weighted by Gasteiger charge is -2.09. The summed E-state index contributed by atoms with van der Waals surface area (Å²) in [6, 6.07) is 14.7. The molecule has 2 aromatic carbocycles. The van der Waals surface area contributed by atoms with Crippen molar-refractivity contribution in [1.29, 1.82) is 0 Å². The quantitative estimate of drug-likeness (QED) is 0.751. The Labute approximate surface area is 145 Å². The third kappa shape index (κ3) is 3.80. The minimum absolute atomic E-state index is 0.127. The van der Waals surface area contributed by atoms with E-state index in [1.165, 1.54) is 6.92 Å². The molecular weight excluding hydrogens is 318 g/mol. The molecule has 6 nitrogen and oxygen atoms in total. The van der Waals surface area contributed by atoms with Crippen LogP contribution in [0.4, 0.5) is 11.4 Å². The summed E-state index contributed by atoms with van der Waals surface area (Å²) in [6.45, 7) is 1.65. The van der Waals surface area contributed by atoms with Crippen LogP contribution in [-0.2, 0) is 16.1 Å². The third-order valence-corrected chi connectivity index (χ3v) is 3.81. The highest BCUT2D eigenvalue weighted by atomic mass is 16.5. The number of methoxy groups -OCH3 is 1. The summed E-state index contributed by atoms with van der Waals surface area (Å²) in [5.74, 6) is 0.477. The maximum atomic E-state index is 12.3. The lowest BCUT2D eigenvalue weighted by molar-refractivity contribution is -0.116. The average molecular weight is 337 g/mol. The lowest BCUT2D eigenvalue weighted by atomic mass is 10.2. The number of aromatic nitrogens is 1. The van der Waals surface area contributed by atoms with Crippen LogP contribution in [-0.4, -0.2) is 23.5 Å². The maximum absolute atomic E-state index is 12.3. The molecule has 1 aromatic heterocycles. The summed E-state index contributed by atoms with van der Waals surface area (Å²) in [5, 5.41) is 6.56. The summed E-state index contributed by atoms with van der Waals surface area (Å²) in [7, 11) is 1.60. The second kappa shape index (κ2) is 7.09. The van der Waals surface area contributed by atoms with Crippen LogP contribution < -0.4 is 15.4 Å². The summed E-state index contributed by atoms with van der Waals surface area (Å²) in [5.41, 5.74) is 2.33. The number of anilines is 2. The Balaban J connectivity index is 1.75. The van der Waals surface area contributed by atoms with Gasteiger partial charge in [-0.15, -0.1) is 0 Å². The fourth-order valence-corrected chi connectivity index (χ4v) is 2.69. The van der Waals surface area contributed by atoms with E-state index in [9.17, 15) is 9.59 Å². The van der Waals surface area contributed by atoms with Gasteiger partial charge in [-0.3, -0.25) is 9.59 Å². The van der Waals surface area contributed by atoms with Crippen LogP contribution in [0.3, 0.4) is 0 Å². The zero-order valence-electron chi connectivity index (χ0n) is 14.1. The molecule has 0 unspecified atom stereocenters. The zero-order chi connectivity index (χ0) is 17.8. The van der Waals surface area contributed by atoms with Gasteiger partial charge in [0.25, 0.3) is 0 Å². The Morgan fingerprint density at radius 1 is 1.04 bits per heavy atom. The van der Waals surface area contributed by atoms with Crippen molar-refractivity contribution in [2.24, 2.45) is 0 Å². The van der Waals surface area contributed by atoms with Gasteiger partial charge in [0.05, 0.1) is 18.3 Å². The van der Waals surface area contributed by atoms with E-state index in [1.807, 2.05) is 35.0 Å². The number of hydrogen-bond acceptors (Lipinski definition) is 3. The van der Waals surface area contributed by atoms with E-state index in [-0.39, 0.29) is 18.4 Å². The molecule has 0 bridgehead atoms. The van der Waals surface area contributed by atoms with Crippen LogP contribution in [0.25, 0.3) is 10.9 Å². The molecule has 0 aliphatic carbocycles. The number of amides is 2. The van der Waals surface area contributed by atoms with Gasteiger partial charge in [0.1, 0.15) is 12.3 Å². The van der Waals surface area contributed by atoms with Crippen molar-refractivity contribution in [3.8, 4) is 5.75 Å². The summed E-state index contributed by atoms with van der Waals surface area (Å²) in [6.07, 6.45) is 1.84. The number of fused-ring (bicyclic) bond motifs is 1. The number of nitrogens with one attached hydrogen (secondary N) is 2. The smallest absolute Gasteiger partial charge is 0.244 e. The van der Waals surface area contributed by atoms with Crippen molar-refractivity contribution in [1.82, 2.24) is 4.57 Å². The summed E-state index contributed by atoms with van der Waals surface area (Å²) < 4.78 is 6.95. The van der Waals surface area contributed by atoms with Crippen molar-refractivity contribution in [3.05, 3.63) is 54.7 Å². The van der Waals surface area contributed by atoms with Crippen molar-refractivity contribution in [3.63, 3.8) is 0 Å². The van der Waals surface area contributed by atoms with E-state index < -0.39 is 0 Å². The molecule has 6 heteroatoms.